The molecule has 1 aromatic rings. The zero-order valence-corrected chi connectivity index (χ0v) is 50.1. The van der Waals surface area contributed by atoms with E-state index in [4.69, 9.17) is 31.6 Å². The first-order chi connectivity index (χ1) is 28.3. The molecule has 1 fully saturated rings. The van der Waals surface area contributed by atoms with E-state index < -0.39 is 53.7 Å². The number of carbonyl (C=O) groups is 1. The SMILES string of the molecule is CC[Si](CC)(CC)O[C@@H]1C[C@@H](C#N)O[C@H](C[C@H](O[Si](C)(C)C)[C@@H](C)[C@@H](Cc2cc(O[Si](C)(C)C(C)(C)C)cc(O[Si](C)(C)C(C)(C)C)c2C(=O)OC)O[Si](C)(C)C(C)(C)C)C1(C)C. The van der Waals surface area contributed by atoms with Crippen LogP contribution in [0.5, 0.6) is 11.5 Å². The Morgan fingerprint density at radius 1 is 0.794 bits per heavy atom. The second-order valence-corrected chi connectivity index (χ2v) is 48.2. The number of hydrogen-bond donors (Lipinski definition) is 0. The van der Waals surface area contributed by atoms with Crippen LogP contribution in [0.3, 0.4) is 0 Å². The minimum atomic E-state index is -2.46. The van der Waals surface area contributed by atoms with Gasteiger partial charge in [0.25, 0.3) is 8.32 Å². The van der Waals surface area contributed by atoms with Crippen LogP contribution in [-0.4, -0.2) is 85.2 Å². The summed E-state index contributed by atoms with van der Waals surface area (Å²) in [5, 5.41) is 10.1. The van der Waals surface area contributed by atoms with Gasteiger partial charge in [-0.3, -0.25) is 0 Å². The summed E-state index contributed by atoms with van der Waals surface area (Å²) in [5.41, 5.74) is 0.819. The quantitative estimate of drug-likeness (QED) is 0.0933. The van der Waals surface area contributed by atoms with E-state index in [1.165, 1.54) is 7.11 Å². The zero-order chi connectivity index (χ0) is 49.2. The Labute approximate surface area is 392 Å². The van der Waals surface area contributed by atoms with Gasteiger partial charge in [0, 0.05) is 23.8 Å². The number of methoxy groups -OCH3 is 1. The molecule has 2 rings (SSSR count). The summed E-state index contributed by atoms with van der Waals surface area (Å²) in [7, 11) is -9.98. The first-order valence-electron chi connectivity index (χ1n) is 24.0. The molecule has 0 saturated carbocycles. The van der Waals surface area contributed by atoms with Crippen molar-refractivity contribution in [2.45, 2.75) is 246 Å². The maximum absolute atomic E-state index is 14.2. The Kier molecular flexibility index (Phi) is 19.2. The van der Waals surface area contributed by atoms with Crippen LogP contribution < -0.4 is 8.85 Å². The van der Waals surface area contributed by atoms with Crippen LogP contribution in [0.2, 0.25) is 92.2 Å². The maximum atomic E-state index is 14.2. The van der Waals surface area contributed by atoms with Crippen LogP contribution in [0.15, 0.2) is 12.1 Å². The standard InChI is InChI=1S/C49H95NO8Si5/c1-26-63(27-2,28-3)58-43-32-38(34-50)53-42(49(43,14)15)33-40(55-59(17,18)19)35(4)39(56-61(22,23)47(8,9)10)30-36-29-37(54-60(20,21)46(5,6)7)31-41(44(36)45(51)52-16)57-62(24,25)48(11,12)13/h29,31,35,38-40,42-43H,26-28,30,32-33H2,1-25H3/t35-,38-,39+,40-,42+,43+/m0/s1. The molecule has 0 N–H and O–H groups in total. The number of nitrogens with zero attached hydrogens (tertiary/aromatic N) is 1. The molecule has 0 aliphatic carbocycles. The van der Waals surface area contributed by atoms with Crippen LogP contribution in [0, 0.1) is 22.7 Å². The van der Waals surface area contributed by atoms with E-state index in [0.29, 0.717) is 36.3 Å². The van der Waals surface area contributed by atoms with Gasteiger partial charge in [-0.15, -0.1) is 0 Å². The van der Waals surface area contributed by atoms with Gasteiger partial charge in [-0.25, -0.2) is 4.79 Å². The predicted octanol–water partition coefficient (Wildman–Crippen LogP) is 14.5. The molecule has 6 atom stereocenters. The van der Waals surface area contributed by atoms with Gasteiger partial charge in [0.15, 0.2) is 25.0 Å². The highest BCUT2D eigenvalue weighted by Gasteiger charge is 2.51. The van der Waals surface area contributed by atoms with Crippen molar-refractivity contribution in [3.8, 4) is 17.6 Å². The second-order valence-electron chi connectivity index (χ2n) is 24.8. The molecule has 0 aromatic heterocycles. The highest BCUT2D eigenvalue weighted by Crippen LogP contribution is 2.47. The van der Waals surface area contributed by atoms with Crippen molar-refractivity contribution in [3.63, 3.8) is 0 Å². The minimum Gasteiger partial charge on any atom is -0.543 e. The number of carbonyl (C=O) groups excluding carboxylic acids is 1. The van der Waals surface area contributed by atoms with Crippen LogP contribution in [-0.2, 0) is 29.2 Å². The van der Waals surface area contributed by atoms with E-state index in [0.717, 1.165) is 23.7 Å². The summed E-state index contributed by atoms with van der Waals surface area (Å²) < 4.78 is 48.6. The van der Waals surface area contributed by atoms with E-state index in [1.54, 1.807) is 0 Å². The molecule has 364 valence electrons. The van der Waals surface area contributed by atoms with Gasteiger partial charge in [-0.1, -0.05) is 104 Å². The fourth-order valence-electron chi connectivity index (χ4n) is 7.62. The number of rotatable bonds is 20. The van der Waals surface area contributed by atoms with Gasteiger partial charge in [-0.05, 0) is 117 Å². The fourth-order valence-corrected chi connectivity index (χ4v) is 15.3. The number of hydrogen-bond acceptors (Lipinski definition) is 9. The first-order valence-corrected chi connectivity index (χ1v) is 38.7. The molecular weight excluding hydrogens is 871 g/mol. The van der Waals surface area contributed by atoms with Crippen molar-refractivity contribution in [3.05, 3.63) is 23.3 Å². The third kappa shape index (κ3) is 14.6. The van der Waals surface area contributed by atoms with E-state index in [1.807, 2.05) is 12.1 Å². The average Bonchev–Trinajstić information content (AvgIpc) is 3.11. The third-order valence-corrected chi connectivity index (χ3v) is 34.4. The Hall–Kier alpha value is -1.30. The third-order valence-electron chi connectivity index (χ3n) is 15.6. The summed E-state index contributed by atoms with van der Waals surface area (Å²) in [6, 6.07) is 9.58. The molecule has 0 amide bonds. The van der Waals surface area contributed by atoms with Crippen molar-refractivity contribution in [1.29, 1.82) is 5.26 Å². The molecule has 1 saturated heterocycles. The monoisotopic (exact) mass is 966 g/mol. The van der Waals surface area contributed by atoms with E-state index in [9.17, 15) is 10.1 Å². The van der Waals surface area contributed by atoms with Crippen molar-refractivity contribution in [2.75, 3.05) is 7.11 Å². The topological polar surface area (TPSA) is 105 Å². The van der Waals surface area contributed by atoms with Gasteiger partial charge < -0.3 is 31.6 Å². The Bertz CT molecular complexity index is 1700. The Balaban J connectivity index is 3.00. The smallest absolute Gasteiger partial charge is 0.341 e. The molecule has 1 aliphatic rings. The van der Waals surface area contributed by atoms with Crippen molar-refractivity contribution in [1.82, 2.24) is 0 Å². The highest BCUT2D eigenvalue weighted by atomic mass is 28.4. The van der Waals surface area contributed by atoms with Crippen molar-refractivity contribution in [2.24, 2.45) is 11.3 Å². The average molecular weight is 967 g/mol. The normalized spacial score (nSPS) is 21.0. The van der Waals surface area contributed by atoms with E-state index in [-0.39, 0.29) is 50.9 Å². The number of esters is 1. The maximum Gasteiger partial charge on any atom is 0.341 e. The molecule has 1 heterocycles. The molecular formula is C49H95NO8Si5. The van der Waals surface area contributed by atoms with Crippen LogP contribution >= 0.6 is 0 Å². The van der Waals surface area contributed by atoms with Crippen LogP contribution in [0.4, 0.5) is 0 Å². The number of nitriles is 1. The first kappa shape index (κ1) is 57.8. The number of ether oxygens (including phenoxy) is 2. The van der Waals surface area contributed by atoms with E-state index >= 15 is 0 Å². The van der Waals surface area contributed by atoms with Crippen molar-refractivity contribution < 1.29 is 36.4 Å². The predicted molar refractivity (Wildman–Crippen MR) is 276 cm³/mol. The van der Waals surface area contributed by atoms with Gasteiger partial charge in [0.05, 0.1) is 37.6 Å². The zero-order valence-electron chi connectivity index (χ0n) is 45.1. The minimum absolute atomic E-state index is 0.0601. The Morgan fingerprint density at radius 3 is 1.71 bits per heavy atom. The second kappa shape index (κ2) is 20.9. The molecule has 0 unspecified atom stereocenters. The van der Waals surface area contributed by atoms with E-state index in [2.05, 4.69) is 169 Å². The molecule has 0 spiro atoms. The lowest BCUT2D eigenvalue weighted by atomic mass is 9.73. The number of benzene rings is 1. The largest absolute Gasteiger partial charge is 0.543 e. The van der Waals surface area contributed by atoms with Crippen molar-refractivity contribution >= 4 is 47.6 Å². The summed E-state index contributed by atoms with van der Waals surface area (Å²) in [4.78, 5) is 14.2. The van der Waals surface area contributed by atoms with Gasteiger partial charge in [-0.2, -0.15) is 5.26 Å². The van der Waals surface area contributed by atoms with Crippen LogP contribution in [0.1, 0.15) is 133 Å². The highest BCUT2D eigenvalue weighted by molar-refractivity contribution is 6.75. The lowest BCUT2D eigenvalue weighted by molar-refractivity contribution is -0.166. The lowest BCUT2D eigenvalue weighted by Crippen LogP contribution is -2.57. The Morgan fingerprint density at radius 2 is 1.29 bits per heavy atom. The summed E-state index contributed by atoms with van der Waals surface area (Å²) >= 11 is 0. The summed E-state index contributed by atoms with van der Waals surface area (Å²) in [6.07, 6.45) is -0.0917. The summed E-state index contributed by atoms with van der Waals surface area (Å²) in [6.45, 7) is 53.9. The van der Waals surface area contributed by atoms with Gasteiger partial charge in [0.2, 0.25) is 8.32 Å². The van der Waals surface area contributed by atoms with Gasteiger partial charge in [0.1, 0.15) is 23.2 Å². The molecule has 1 aliphatic heterocycles. The molecule has 9 nitrogen and oxygen atoms in total. The molecule has 1 aromatic carbocycles. The molecule has 14 heteroatoms. The van der Waals surface area contributed by atoms with Crippen LogP contribution in [0.25, 0.3) is 0 Å². The molecule has 63 heavy (non-hydrogen) atoms. The lowest BCUT2D eigenvalue weighted by Gasteiger charge is -2.51. The fraction of sp³-hybridized carbons (Fsp3) is 0.837. The summed E-state index contributed by atoms with van der Waals surface area (Å²) in [5.74, 6) is 0.610. The molecule has 0 bridgehead atoms. The van der Waals surface area contributed by atoms with Gasteiger partial charge >= 0.3 is 5.97 Å². The molecule has 0 radical (unpaired) electrons.